The van der Waals surface area contributed by atoms with Gasteiger partial charge in [-0.05, 0) is 88.9 Å². The average molecular weight is 609 g/mol. The fraction of sp³-hybridized carbons (Fsp3) is 0.172. The Kier molecular flexibility index (Phi) is 10.8. The summed E-state index contributed by atoms with van der Waals surface area (Å²) in [7, 11) is 1.45. The molecular weight excluding hydrogens is 580 g/mol. The molecule has 0 aliphatic heterocycles. The summed E-state index contributed by atoms with van der Waals surface area (Å²) in [6, 6.07) is 15.5. The van der Waals surface area contributed by atoms with Gasteiger partial charge in [0.15, 0.2) is 18.1 Å². The molecule has 0 atom stereocenters. The highest BCUT2D eigenvalue weighted by molar-refractivity contribution is 9.10. The molecule has 10 nitrogen and oxygen atoms in total. The smallest absolute Gasteiger partial charge is 0.329 e. The van der Waals surface area contributed by atoms with Crippen LogP contribution < -0.4 is 30.3 Å². The molecular formula is C29H29BrN4O6. The lowest BCUT2D eigenvalue weighted by Crippen LogP contribution is -2.32. The topological polar surface area (TPSA) is 127 Å². The van der Waals surface area contributed by atoms with Crippen molar-refractivity contribution in [2.45, 2.75) is 13.8 Å². The minimum Gasteiger partial charge on any atom is -0.493 e. The molecule has 3 rings (SSSR count). The molecule has 0 heterocycles. The lowest BCUT2D eigenvalue weighted by Gasteiger charge is -2.14. The molecule has 208 valence electrons. The highest BCUT2D eigenvalue weighted by Crippen LogP contribution is 2.36. The number of amides is 3. The summed E-state index contributed by atoms with van der Waals surface area (Å²) in [4.78, 5) is 36.8. The van der Waals surface area contributed by atoms with Gasteiger partial charge in [-0.15, -0.1) is 0 Å². The maximum absolute atomic E-state index is 12.5. The van der Waals surface area contributed by atoms with E-state index in [1.807, 2.05) is 32.0 Å². The molecule has 0 unspecified atom stereocenters. The van der Waals surface area contributed by atoms with Gasteiger partial charge >= 0.3 is 11.8 Å². The number of rotatable bonds is 11. The van der Waals surface area contributed by atoms with Gasteiger partial charge in [-0.3, -0.25) is 14.4 Å². The largest absolute Gasteiger partial charge is 0.493 e. The van der Waals surface area contributed by atoms with Crippen LogP contribution in [0.15, 0.2) is 76.8 Å². The number of aryl methyl sites for hydroxylation is 1. The van der Waals surface area contributed by atoms with E-state index in [4.69, 9.17) is 14.2 Å². The third kappa shape index (κ3) is 8.43. The van der Waals surface area contributed by atoms with Crippen molar-refractivity contribution in [2.24, 2.45) is 5.10 Å². The van der Waals surface area contributed by atoms with E-state index in [2.05, 4.69) is 43.7 Å². The number of halogens is 1. The van der Waals surface area contributed by atoms with Gasteiger partial charge in [0.1, 0.15) is 12.4 Å². The fourth-order valence-electron chi connectivity index (χ4n) is 3.36. The van der Waals surface area contributed by atoms with E-state index >= 15 is 0 Å². The summed E-state index contributed by atoms with van der Waals surface area (Å²) in [5.74, 6) is -0.917. The maximum atomic E-state index is 12.5. The van der Waals surface area contributed by atoms with Crippen LogP contribution in [0, 0.1) is 13.8 Å². The van der Waals surface area contributed by atoms with Crippen LogP contribution in [-0.2, 0) is 14.4 Å². The first-order valence-corrected chi connectivity index (χ1v) is 12.9. The van der Waals surface area contributed by atoms with Gasteiger partial charge in [0.25, 0.3) is 5.91 Å². The molecule has 3 aromatic rings. The van der Waals surface area contributed by atoms with Crippen molar-refractivity contribution in [2.75, 3.05) is 31.0 Å². The predicted molar refractivity (Wildman–Crippen MR) is 157 cm³/mol. The molecule has 0 aliphatic rings. The number of ether oxygens (including phenoxy) is 3. The van der Waals surface area contributed by atoms with Crippen molar-refractivity contribution < 1.29 is 28.6 Å². The summed E-state index contributed by atoms with van der Waals surface area (Å²) in [6.45, 7) is 7.59. The average Bonchev–Trinajstić information content (AvgIpc) is 2.94. The number of anilines is 2. The van der Waals surface area contributed by atoms with E-state index in [1.54, 1.807) is 42.5 Å². The number of methoxy groups -OCH3 is 1. The van der Waals surface area contributed by atoms with E-state index in [9.17, 15) is 14.4 Å². The van der Waals surface area contributed by atoms with E-state index in [1.165, 1.54) is 13.3 Å². The fourth-order valence-corrected chi connectivity index (χ4v) is 3.93. The molecule has 0 saturated heterocycles. The molecule has 40 heavy (non-hydrogen) atoms. The van der Waals surface area contributed by atoms with Crippen LogP contribution in [0.2, 0.25) is 0 Å². The molecule has 0 fully saturated rings. The van der Waals surface area contributed by atoms with Gasteiger partial charge in [0.2, 0.25) is 0 Å². The highest BCUT2D eigenvalue weighted by atomic mass is 79.9. The van der Waals surface area contributed by atoms with E-state index in [0.29, 0.717) is 45.3 Å². The molecule has 0 spiro atoms. The Hall–Kier alpha value is -4.64. The summed E-state index contributed by atoms with van der Waals surface area (Å²) in [5.41, 5.74) is 5.89. The van der Waals surface area contributed by atoms with Crippen LogP contribution in [0.3, 0.4) is 0 Å². The monoisotopic (exact) mass is 608 g/mol. The molecule has 0 aromatic heterocycles. The zero-order valence-electron chi connectivity index (χ0n) is 22.2. The summed E-state index contributed by atoms with van der Waals surface area (Å²) in [6.07, 6.45) is 2.95. The van der Waals surface area contributed by atoms with Crippen molar-refractivity contribution in [3.05, 3.63) is 88.4 Å². The standard InChI is InChI=1S/C29H29BrN4O6/c1-5-13-39-22-11-9-21(10-12-22)32-28(36)29(37)34-31-16-20-14-23(30)27(25(15-20)38-4)40-17-26(35)33-24-8-6-7-18(2)19(24)3/h5-12,14-16H,1,13,17H2,2-4H3,(H,32,36)(H,33,35)(H,34,37)/b31-16-. The number of hydrogen-bond acceptors (Lipinski definition) is 7. The Balaban J connectivity index is 1.56. The summed E-state index contributed by atoms with van der Waals surface area (Å²) in [5, 5.41) is 9.15. The normalized spacial score (nSPS) is 10.5. The third-order valence-electron chi connectivity index (χ3n) is 5.54. The maximum Gasteiger partial charge on any atom is 0.329 e. The minimum atomic E-state index is -0.955. The second kappa shape index (κ2) is 14.5. The third-order valence-corrected chi connectivity index (χ3v) is 6.13. The Labute approximate surface area is 240 Å². The summed E-state index contributed by atoms with van der Waals surface area (Å²) < 4.78 is 17.0. The first-order valence-electron chi connectivity index (χ1n) is 12.1. The van der Waals surface area contributed by atoms with Gasteiger partial charge in [-0.2, -0.15) is 5.10 Å². The Morgan fingerprint density at radius 3 is 2.45 bits per heavy atom. The van der Waals surface area contributed by atoms with Gasteiger partial charge in [-0.25, -0.2) is 5.43 Å². The van der Waals surface area contributed by atoms with Gasteiger partial charge in [0.05, 0.1) is 17.8 Å². The zero-order chi connectivity index (χ0) is 29.1. The van der Waals surface area contributed by atoms with Crippen molar-refractivity contribution in [3.63, 3.8) is 0 Å². The number of hydrogen-bond donors (Lipinski definition) is 3. The van der Waals surface area contributed by atoms with Crippen LogP contribution in [0.4, 0.5) is 11.4 Å². The first kappa shape index (κ1) is 29.9. The predicted octanol–water partition coefficient (Wildman–Crippen LogP) is 4.75. The number of nitrogens with zero attached hydrogens (tertiary/aromatic N) is 1. The molecule has 3 aromatic carbocycles. The van der Waals surface area contributed by atoms with Crippen LogP contribution in [0.25, 0.3) is 0 Å². The highest BCUT2D eigenvalue weighted by Gasteiger charge is 2.15. The summed E-state index contributed by atoms with van der Waals surface area (Å²) >= 11 is 3.41. The van der Waals surface area contributed by atoms with Crippen molar-refractivity contribution >= 4 is 51.2 Å². The van der Waals surface area contributed by atoms with Crippen molar-refractivity contribution in [3.8, 4) is 17.2 Å². The lowest BCUT2D eigenvalue weighted by molar-refractivity contribution is -0.136. The lowest BCUT2D eigenvalue weighted by atomic mass is 10.1. The number of benzene rings is 3. The number of nitrogens with one attached hydrogen (secondary N) is 3. The van der Waals surface area contributed by atoms with E-state index in [0.717, 1.165) is 11.1 Å². The zero-order valence-corrected chi connectivity index (χ0v) is 23.8. The second-order valence-corrected chi connectivity index (χ2v) is 9.25. The molecule has 0 aliphatic carbocycles. The number of carbonyl (C=O) groups is 3. The molecule has 0 saturated carbocycles. The number of hydrazone groups is 1. The molecule has 3 amide bonds. The first-order chi connectivity index (χ1) is 19.2. The molecule has 11 heteroatoms. The van der Waals surface area contributed by atoms with Crippen molar-refractivity contribution in [1.82, 2.24) is 5.43 Å². The molecule has 0 bridgehead atoms. The van der Waals surface area contributed by atoms with E-state index in [-0.39, 0.29) is 12.5 Å². The van der Waals surface area contributed by atoms with Gasteiger partial charge in [0, 0.05) is 11.4 Å². The second-order valence-electron chi connectivity index (χ2n) is 8.40. The van der Waals surface area contributed by atoms with Crippen LogP contribution in [0.5, 0.6) is 17.2 Å². The van der Waals surface area contributed by atoms with Crippen LogP contribution in [-0.4, -0.2) is 44.3 Å². The van der Waals surface area contributed by atoms with Gasteiger partial charge < -0.3 is 24.8 Å². The quantitative estimate of drug-likeness (QED) is 0.125. The minimum absolute atomic E-state index is 0.245. The van der Waals surface area contributed by atoms with E-state index < -0.39 is 11.8 Å². The molecule has 0 radical (unpaired) electrons. The Morgan fingerprint density at radius 1 is 1.00 bits per heavy atom. The van der Waals surface area contributed by atoms with Crippen molar-refractivity contribution in [1.29, 1.82) is 0 Å². The van der Waals surface area contributed by atoms with Crippen LogP contribution in [0.1, 0.15) is 16.7 Å². The molecule has 3 N–H and O–H groups in total. The Bertz CT molecular complexity index is 1420. The SMILES string of the molecule is C=CCOc1ccc(NC(=O)C(=O)N/N=C\c2cc(Br)c(OCC(=O)Nc3cccc(C)c3C)c(OC)c2)cc1. The van der Waals surface area contributed by atoms with Crippen LogP contribution >= 0.6 is 15.9 Å². The Morgan fingerprint density at radius 2 is 1.75 bits per heavy atom. The van der Waals surface area contributed by atoms with Gasteiger partial charge in [-0.1, -0.05) is 24.8 Å². The number of carbonyl (C=O) groups excluding carboxylic acids is 3.